The van der Waals surface area contributed by atoms with E-state index in [0.29, 0.717) is 25.2 Å². The fourth-order valence-corrected chi connectivity index (χ4v) is 2.61. The van der Waals surface area contributed by atoms with Gasteiger partial charge in [-0.05, 0) is 36.2 Å². The Morgan fingerprint density at radius 3 is 2.29 bits per heavy atom. The highest BCUT2D eigenvalue weighted by molar-refractivity contribution is 9.10. The van der Waals surface area contributed by atoms with Crippen LogP contribution in [0.15, 0.2) is 59.1 Å². The summed E-state index contributed by atoms with van der Waals surface area (Å²) in [6, 6.07) is 17.2. The quantitative estimate of drug-likeness (QED) is 0.790. The first-order valence-corrected chi connectivity index (χ1v) is 8.69. The number of halogens is 1. The molecule has 0 bridgehead atoms. The molecule has 2 aromatic rings. The minimum Gasteiger partial charge on any atom is -0.350 e. The molecule has 0 saturated carbocycles. The standard InChI is InChI=1S/C19H21BrN2O2/c1-15(23)22(13-11-16-5-3-2-4-6-16)14-12-21-19(24)17-7-9-18(20)10-8-17/h2-10H,11-14H2,1H3,(H,21,24). The highest BCUT2D eigenvalue weighted by atomic mass is 79.9. The molecule has 0 aliphatic heterocycles. The molecule has 2 aromatic carbocycles. The Bertz CT molecular complexity index is 672. The number of hydrogen-bond donors (Lipinski definition) is 1. The van der Waals surface area contributed by atoms with Crippen molar-refractivity contribution in [2.75, 3.05) is 19.6 Å². The number of rotatable bonds is 7. The molecule has 0 unspecified atom stereocenters. The summed E-state index contributed by atoms with van der Waals surface area (Å²) in [5.74, 6) is -0.113. The summed E-state index contributed by atoms with van der Waals surface area (Å²) < 4.78 is 0.933. The third-order valence-electron chi connectivity index (χ3n) is 3.73. The van der Waals surface area contributed by atoms with Crippen molar-refractivity contribution in [1.29, 1.82) is 0 Å². The van der Waals surface area contributed by atoms with Crippen LogP contribution in [0.5, 0.6) is 0 Å². The number of nitrogens with one attached hydrogen (secondary N) is 1. The van der Waals surface area contributed by atoms with Crippen molar-refractivity contribution in [2.45, 2.75) is 13.3 Å². The Labute approximate surface area is 151 Å². The van der Waals surface area contributed by atoms with E-state index in [1.807, 2.05) is 42.5 Å². The van der Waals surface area contributed by atoms with Gasteiger partial charge in [0.25, 0.3) is 5.91 Å². The molecule has 0 spiro atoms. The Morgan fingerprint density at radius 2 is 1.67 bits per heavy atom. The molecule has 4 nitrogen and oxygen atoms in total. The summed E-state index contributed by atoms with van der Waals surface area (Å²) >= 11 is 3.34. The second-order valence-corrected chi connectivity index (χ2v) is 6.42. The molecule has 0 atom stereocenters. The van der Waals surface area contributed by atoms with E-state index >= 15 is 0 Å². The Morgan fingerprint density at radius 1 is 1.00 bits per heavy atom. The first-order chi connectivity index (χ1) is 11.6. The number of nitrogens with zero attached hydrogens (tertiary/aromatic N) is 1. The van der Waals surface area contributed by atoms with Crippen LogP contribution in [-0.4, -0.2) is 36.3 Å². The van der Waals surface area contributed by atoms with Crippen molar-refractivity contribution in [2.24, 2.45) is 0 Å². The van der Waals surface area contributed by atoms with Crippen LogP contribution >= 0.6 is 15.9 Å². The van der Waals surface area contributed by atoms with Crippen molar-refractivity contribution >= 4 is 27.7 Å². The lowest BCUT2D eigenvalue weighted by Crippen LogP contribution is -2.38. The van der Waals surface area contributed by atoms with Gasteiger partial charge in [-0.2, -0.15) is 0 Å². The maximum Gasteiger partial charge on any atom is 0.251 e. The van der Waals surface area contributed by atoms with Crippen LogP contribution in [0.1, 0.15) is 22.8 Å². The summed E-state index contributed by atoms with van der Waals surface area (Å²) in [7, 11) is 0. The molecule has 1 N–H and O–H groups in total. The lowest BCUT2D eigenvalue weighted by molar-refractivity contribution is -0.128. The van der Waals surface area contributed by atoms with Crippen molar-refractivity contribution in [3.05, 3.63) is 70.2 Å². The van der Waals surface area contributed by atoms with Gasteiger partial charge in [-0.15, -0.1) is 0 Å². The van der Waals surface area contributed by atoms with Crippen LogP contribution in [0.25, 0.3) is 0 Å². The smallest absolute Gasteiger partial charge is 0.251 e. The fourth-order valence-electron chi connectivity index (χ4n) is 2.34. The van der Waals surface area contributed by atoms with Crippen LogP contribution in [0.4, 0.5) is 0 Å². The van der Waals surface area contributed by atoms with Gasteiger partial charge in [0.15, 0.2) is 0 Å². The van der Waals surface area contributed by atoms with Gasteiger partial charge >= 0.3 is 0 Å². The maximum atomic E-state index is 12.1. The van der Waals surface area contributed by atoms with Crippen molar-refractivity contribution in [1.82, 2.24) is 10.2 Å². The molecular weight excluding hydrogens is 368 g/mol. The lowest BCUT2D eigenvalue weighted by atomic mass is 10.1. The lowest BCUT2D eigenvalue weighted by Gasteiger charge is -2.21. The molecule has 0 aliphatic rings. The third kappa shape index (κ3) is 5.81. The third-order valence-corrected chi connectivity index (χ3v) is 4.26. The molecule has 126 valence electrons. The molecule has 0 aliphatic carbocycles. The summed E-state index contributed by atoms with van der Waals surface area (Å²) in [4.78, 5) is 25.6. The van der Waals surface area contributed by atoms with Gasteiger partial charge in [0.2, 0.25) is 5.91 Å². The van der Waals surface area contributed by atoms with E-state index in [2.05, 4.69) is 21.2 Å². The van der Waals surface area contributed by atoms with Gasteiger partial charge in [-0.1, -0.05) is 46.3 Å². The molecule has 0 fully saturated rings. The van der Waals surface area contributed by atoms with E-state index in [4.69, 9.17) is 0 Å². The number of amides is 2. The van der Waals surface area contributed by atoms with Crippen LogP contribution in [0.3, 0.4) is 0 Å². The SMILES string of the molecule is CC(=O)N(CCNC(=O)c1ccc(Br)cc1)CCc1ccccc1. The van der Waals surface area contributed by atoms with Crippen molar-refractivity contribution in [3.63, 3.8) is 0 Å². The van der Waals surface area contributed by atoms with Crippen molar-refractivity contribution < 1.29 is 9.59 Å². The molecule has 5 heteroatoms. The zero-order valence-electron chi connectivity index (χ0n) is 13.7. The number of carbonyl (C=O) groups excluding carboxylic acids is 2. The largest absolute Gasteiger partial charge is 0.350 e. The first kappa shape index (κ1) is 18.2. The average molecular weight is 389 g/mol. The zero-order chi connectivity index (χ0) is 17.4. The predicted octanol–water partition coefficient (Wildman–Crippen LogP) is 3.27. The summed E-state index contributed by atoms with van der Waals surface area (Å²) in [5, 5.41) is 2.85. The summed E-state index contributed by atoms with van der Waals surface area (Å²) in [5.41, 5.74) is 1.81. The van der Waals surface area contributed by atoms with E-state index in [0.717, 1.165) is 10.9 Å². The van der Waals surface area contributed by atoms with E-state index in [9.17, 15) is 9.59 Å². The predicted molar refractivity (Wildman–Crippen MR) is 98.9 cm³/mol. The zero-order valence-corrected chi connectivity index (χ0v) is 15.3. The van der Waals surface area contributed by atoms with E-state index in [1.165, 1.54) is 5.56 Å². The molecule has 0 saturated heterocycles. The molecule has 2 amide bonds. The molecule has 0 heterocycles. The van der Waals surface area contributed by atoms with E-state index < -0.39 is 0 Å². The normalized spacial score (nSPS) is 10.2. The highest BCUT2D eigenvalue weighted by Gasteiger charge is 2.10. The summed E-state index contributed by atoms with van der Waals surface area (Å²) in [6.07, 6.45) is 0.807. The fraction of sp³-hybridized carbons (Fsp3) is 0.263. The molecule has 0 radical (unpaired) electrons. The monoisotopic (exact) mass is 388 g/mol. The van der Waals surface area contributed by atoms with Gasteiger partial charge in [-0.3, -0.25) is 9.59 Å². The van der Waals surface area contributed by atoms with Crippen LogP contribution < -0.4 is 5.32 Å². The van der Waals surface area contributed by atoms with Gasteiger partial charge < -0.3 is 10.2 Å². The number of carbonyl (C=O) groups is 2. The van der Waals surface area contributed by atoms with Gasteiger partial charge in [0.05, 0.1) is 0 Å². The van der Waals surface area contributed by atoms with Gasteiger partial charge in [0.1, 0.15) is 0 Å². The topological polar surface area (TPSA) is 49.4 Å². The molecular formula is C19H21BrN2O2. The van der Waals surface area contributed by atoms with Crippen LogP contribution in [0, 0.1) is 0 Å². The minimum atomic E-state index is -0.130. The average Bonchev–Trinajstić information content (AvgIpc) is 2.59. The molecule has 24 heavy (non-hydrogen) atoms. The first-order valence-electron chi connectivity index (χ1n) is 7.89. The van der Waals surface area contributed by atoms with Crippen LogP contribution in [0.2, 0.25) is 0 Å². The van der Waals surface area contributed by atoms with E-state index in [1.54, 1.807) is 24.0 Å². The maximum absolute atomic E-state index is 12.1. The highest BCUT2D eigenvalue weighted by Crippen LogP contribution is 2.10. The van der Waals surface area contributed by atoms with Crippen molar-refractivity contribution in [3.8, 4) is 0 Å². The number of hydrogen-bond acceptors (Lipinski definition) is 2. The molecule has 0 aromatic heterocycles. The Balaban J connectivity index is 1.80. The van der Waals surface area contributed by atoms with Gasteiger partial charge in [-0.25, -0.2) is 0 Å². The molecule has 2 rings (SSSR count). The minimum absolute atomic E-state index is 0.0174. The second-order valence-electron chi connectivity index (χ2n) is 5.50. The second kappa shape index (κ2) is 9.23. The Kier molecular flexibility index (Phi) is 7.00. The Hall–Kier alpha value is -2.14. The summed E-state index contributed by atoms with van der Waals surface area (Å²) in [6.45, 7) is 3.14. The van der Waals surface area contributed by atoms with Gasteiger partial charge in [0, 0.05) is 36.6 Å². The van der Waals surface area contributed by atoms with Crippen LogP contribution in [-0.2, 0) is 11.2 Å². The number of benzene rings is 2. The van der Waals surface area contributed by atoms with E-state index in [-0.39, 0.29) is 11.8 Å².